The third-order valence-electron chi connectivity index (χ3n) is 10.0. The quantitative estimate of drug-likeness (QED) is 0.258. The Morgan fingerprint density at radius 3 is 2.45 bits per heavy atom. The van der Waals surface area contributed by atoms with Crippen LogP contribution in [-0.2, 0) is 23.9 Å². The number of Topliss-reactive ketones (excluding diaryl/α,β-unsaturated/α-hetero) is 1. The maximum Gasteiger partial charge on any atom is 0.287 e. The van der Waals surface area contributed by atoms with Gasteiger partial charge in [0.2, 0.25) is 17.6 Å². The number of carbonyl (C=O) groups is 5. The summed E-state index contributed by atoms with van der Waals surface area (Å²) >= 11 is 0. The van der Waals surface area contributed by atoms with Crippen LogP contribution >= 0.6 is 0 Å². The van der Waals surface area contributed by atoms with E-state index in [1.54, 1.807) is 25.1 Å². The molecule has 3 atom stereocenters. The minimum atomic E-state index is -1.55. The summed E-state index contributed by atoms with van der Waals surface area (Å²) in [6, 6.07) is 12.7. The molecule has 3 aromatic rings. The van der Waals surface area contributed by atoms with Crippen LogP contribution in [0.2, 0.25) is 0 Å². The van der Waals surface area contributed by atoms with E-state index in [4.69, 9.17) is 19.7 Å². The average Bonchev–Trinajstić information content (AvgIpc) is 3.73. The lowest BCUT2D eigenvalue weighted by Gasteiger charge is -2.37. The van der Waals surface area contributed by atoms with Gasteiger partial charge in [0.1, 0.15) is 29.5 Å². The van der Waals surface area contributed by atoms with Gasteiger partial charge in [0.25, 0.3) is 17.7 Å². The summed E-state index contributed by atoms with van der Waals surface area (Å²) in [7, 11) is 0. The summed E-state index contributed by atoms with van der Waals surface area (Å²) < 4.78 is 16.6. The van der Waals surface area contributed by atoms with Gasteiger partial charge >= 0.3 is 0 Å². The Bertz CT molecular complexity index is 1710. The van der Waals surface area contributed by atoms with Crippen LogP contribution in [0.3, 0.4) is 0 Å². The second kappa shape index (κ2) is 14.8. The smallest absolute Gasteiger partial charge is 0.287 e. The molecule has 13 heteroatoms. The van der Waals surface area contributed by atoms with E-state index in [2.05, 4.69) is 15.8 Å². The number of likely N-dealkylation sites (tertiary alicyclic amines) is 1. The number of ketones is 1. The predicted molar refractivity (Wildman–Crippen MR) is 177 cm³/mol. The summed E-state index contributed by atoms with van der Waals surface area (Å²) in [6.07, 6.45) is 5.08. The van der Waals surface area contributed by atoms with Gasteiger partial charge in [0.15, 0.2) is 0 Å². The average molecular weight is 674 g/mol. The SMILES string of the molecule is Cc1cc(O[C@H]2C[C@@H](C(=O)NC3(C(=O)C(N)=O)CCOCC3)N(C(=O)C(CC3CCCCC3)NC(=O)c3ccc4ccccc4c3)C2)no1. The molecule has 13 nitrogen and oxygen atoms in total. The predicted octanol–water partition coefficient (Wildman–Crippen LogP) is 2.97. The number of nitrogens with two attached hydrogens (primary N) is 1. The van der Waals surface area contributed by atoms with Crippen molar-refractivity contribution in [3.63, 3.8) is 0 Å². The maximum atomic E-state index is 14.6. The standard InChI is InChI=1S/C36H43N5O8/c1-22-17-30(40-49-22)48-27-20-29(34(45)39-36(31(42)32(37)43)13-15-47-16-14-36)41(21-27)35(46)28(18-23-7-3-2-4-8-23)38-33(44)26-12-11-24-9-5-6-10-25(24)19-26/h5-6,9-12,17,19,23,27-29H,2-4,7-8,13-16,18,20-21H2,1H3,(H2,37,43)(H,38,44)(H,39,45)/t27-,28?,29-/m0/s1. The Morgan fingerprint density at radius 2 is 1.76 bits per heavy atom. The topological polar surface area (TPSA) is 183 Å². The maximum absolute atomic E-state index is 14.6. The Labute approximate surface area is 284 Å². The van der Waals surface area contributed by atoms with Gasteiger partial charge in [0.05, 0.1) is 6.54 Å². The number of hydrogen-bond donors (Lipinski definition) is 3. The number of nitrogens with one attached hydrogen (secondary N) is 2. The molecule has 1 unspecified atom stereocenters. The molecule has 2 saturated heterocycles. The number of aromatic nitrogens is 1. The van der Waals surface area contributed by atoms with E-state index in [0.717, 1.165) is 42.9 Å². The van der Waals surface area contributed by atoms with Crippen molar-refractivity contribution in [2.45, 2.75) is 88.4 Å². The lowest BCUT2D eigenvalue weighted by molar-refractivity contribution is -0.147. The number of hydrogen-bond acceptors (Lipinski definition) is 9. The second-order valence-electron chi connectivity index (χ2n) is 13.5. The van der Waals surface area contributed by atoms with E-state index < -0.39 is 47.2 Å². The number of primary amides is 1. The van der Waals surface area contributed by atoms with Gasteiger partial charge < -0.3 is 35.3 Å². The number of nitrogens with zero attached hydrogens (tertiary/aromatic N) is 2. The highest BCUT2D eigenvalue weighted by Gasteiger charge is 2.49. The monoisotopic (exact) mass is 673 g/mol. The van der Waals surface area contributed by atoms with E-state index in [1.807, 2.05) is 30.3 Å². The van der Waals surface area contributed by atoms with Crippen molar-refractivity contribution < 1.29 is 38.0 Å². The van der Waals surface area contributed by atoms with Crippen LogP contribution in [0.1, 0.15) is 73.9 Å². The van der Waals surface area contributed by atoms with Crippen LogP contribution < -0.4 is 21.1 Å². The van der Waals surface area contributed by atoms with E-state index >= 15 is 0 Å². The molecule has 1 aliphatic carbocycles. The number of fused-ring (bicyclic) bond motifs is 1. The normalized spacial score (nSPS) is 21.5. The lowest BCUT2D eigenvalue weighted by atomic mass is 9.84. The van der Waals surface area contributed by atoms with Crippen LogP contribution in [0.25, 0.3) is 10.8 Å². The number of aryl methyl sites for hydroxylation is 1. The van der Waals surface area contributed by atoms with E-state index in [1.165, 1.54) is 4.90 Å². The van der Waals surface area contributed by atoms with Crippen molar-refractivity contribution in [2.24, 2.45) is 11.7 Å². The first-order chi connectivity index (χ1) is 23.6. The van der Waals surface area contributed by atoms with Gasteiger partial charge in [-0.15, -0.1) is 0 Å². The Kier molecular flexibility index (Phi) is 10.3. The molecule has 2 aromatic carbocycles. The highest BCUT2D eigenvalue weighted by Crippen LogP contribution is 2.31. The Morgan fingerprint density at radius 1 is 1.02 bits per heavy atom. The molecular weight excluding hydrogens is 630 g/mol. The molecule has 3 aliphatic rings. The Hall–Kier alpha value is -4.78. The van der Waals surface area contributed by atoms with Gasteiger partial charge in [-0.2, -0.15) is 0 Å². The fourth-order valence-electron chi connectivity index (χ4n) is 7.38. The zero-order valence-corrected chi connectivity index (χ0v) is 27.7. The summed E-state index contributed by atoms with van der Waals surface area (Å²) in [5.74, 6) is -2.54. The molecule has 1 aromatic heterocycles. The highest BCUT2D eigenvalue weighted by molar-refractivity contribution is 6.39. The minimum Gasteiger partial charge on any atom is -0.470 e. The summed E-state index contributed by atoms with van der Waals surface area (Å²) in [6.45, 7) is 2.04. The minimum absolute atomic E-state index is 0.0235. The van der Waals surface area contributed by atoms with Crippen LogP contribution in [0, 0.1) is 12.8 Å². The molecule has 0 radical (unpaired) electrons. The fraction of sp³-hybridized carbons (Fsp3) is 0.500. The van der Waals surface area contributed by atoms with Gasteiger partial charge in [-0.25, -0.2) is 0 Å². The van der Waals surface area contributed by atoms with Crippen LogP contribution in [0.4, 0.5) is 0 Å². The van der Waals surface area contributed by atoms with E-state index in [9.17, 15) is 24.0 Å². The fourth-order valence-corrected chi connectivity index (χ4v) is 7.38. The van der Waals surface area contributed by atoms with Crippen LogP contribution in [0.15, 0.2) is 53.1 Å². The van der Waals surface area contributed by atoms with Gasteiger partial charge in [0, 0.05) is 44.1 Å². The van der Waals surface area contributed by atoms with Crippen LogP contribution in [-0.4, -0.2) is 83.0 Å². The first-order valence-corrected chi connectivity index (χ1v) is 17.1. The van der Waals surface area contributed by atoms with Gasteiger partial charge in [-0.05, 0) is 47.3 Å². The molecule has 260 valence electrons. The zero-order chi connectivity index (χ0) is 34.5. The van der Waals surface area contributed by atoms with Crippen molar-refractivity contribution in [3.05, 3.63) is 59.9 Å². The summed E-state index contributed by atoms with van der Waals surface area (Å²) in [4.78, 5) is 69.0. The molecule has 4 amide bonds. The number of carbonyl (C=O) groups excluding carboxylic acids is 5. The molecule has 3 heterocycles. The van der Waals surface area contributed by atoms with Crippen molar-refractivity contribution in [2.75, 3.05) is 19.8 Å². The molecule has 4 N–H and O–H groups in total. The molecule has 49 heavy (non-hydrogen) atoms. The number of rotatable bonds is 11. The third kappa shape index (κ3) is 7.77. The molecule has 0 bridgehead atoms. The Balaban J connectivity index is 1.28. The zero-order valence-electron chi connectivity index (χ0n) is 27.7. The lowest BCUT2D eigenvalue weighted by Crippen LogP contribution is -2.64. The first-order valence-electron chi connectivity index (χ1n) is 17.1. The summed E-state index contributed by atoms with van der Waals surface area (Å²) in [5, 5.41) is 11.6. The summed E-state index contributed by atoms with van der Waals surface area (Å²) in [5.41, 5.74) is 4.27. The first kappa shape index (κ1) is 34.1. The molecule has 1 saturated carbocycles. The number of benzene rings is 2. The van der Waals surface area contributed by atoms with E-state index in [0.29, 0.717) is 17.7 Å². The van der Waals surface area contributed by atoms with Gasteiger partial charge in [-0.3, -0.25) is 24.0 Å². The number of ether oxygens (including phenoxy) is 2. The molecule has 2 aliphatic heterocycles. The van der Waals surface area contributed by atoms with Gasteiger partial charge in [-0.1, -0.05) is 62.4 Å². The largest absolute Gasteiger partial charge is 0.470 e. The van der Waals surface area contributed by atoms with Crippen molar-refractivity contribution in [1.29, 1.82) is 0 Å². The van der Waals surface area contributed by atoms with Crippen molar-refractivity contribution in [3.8, 4) is 5.88 Å². The van der Waals surface area contributed by atoms with Crippen molar-refractivity contribution >= 4 is 40.2 Å². The molecule has 0 spiro atoms. The van der Waals surface area contributed by atoms with Crippen LogP contribution in [0.5, 0.6) is 5.88 Å². The number of amides is 4. The third-order valence-corrected chi connectivity index (χ3v) is 10.0. The highest BCUT2D eigenvalue weighted by atomic mass is 16.5. The van der Waals surface area contributed by atoms with E-state index in [-0.39, 0.29) is 56.7 Å². The molecule has 6 rings (SSSR count). The second-order valence-corrected chi connectivity index (χ2v) is 13.5. The molecular formula is C36H43N5O8. The van der Waals surface area contributed by atoms with Crippen molar-refractivity contribution in [1.82, 2.24) is 20.7 Å². The molecule has 3 fully saturated rings.